The normalized spacial score (nSPS) is 10.5. The molecule has 2 nitrogen and oxygen atoms in total. The van der Waals surface area contributed by atoms with Gasteiger partial charge < -0.3 is 4.98 Å². The van der Waals surface area contributed by atoms with E-state index in [2.05, 4.69) is 53.1 Å². The lowest BCUT2D eigenvalue weighted by atomic mass is 10.2. The summed E-state index contributed by atoms with van der Waals surface area (Å²) >= 11 is 5.91. The fourth-order valence-corrected chi connectivity index (χ4v) is 1.93. The maximum absolute atomic E-state index is 4.22. The Labute approximate surface area is 98.9 Å². The molecule has 1 aromatic carbocycles. The highest BCUT2D eigenvalue weighted by Gasteiger charge is 2.01. The quantitative estimate of drug-likeness (QED) is 0.633. The topological polar surface area (TPSA) is 28.7 Å². The Morgan fingerprint density at radius 3 is 2.60 bits per heavy atom. The first kappa shape index (κ1) is 10.6. The minimum absolute atomic E-state index is 0.642. The fraction of sp³-hybridized carbons (Fsp3) is 0.182. The van der Waals surface area contributed by atoms with Gasteiger partial charge in [0.2, 0.25) is 0 Å². The van der Waals surface area contributed by atoms with Crippen LogP contribution in [0.15, 0.2) is 35.4 Å². The van der Waals surface area contributed by atoms with E-state index < -0.39 is 0 Å². The summed E-state index contributed by atoms with van der Waals surface area (Å²) in [5.74, 6) is 1.55. The number of aromatic amines is 1. The molecular weight excluding hydrogens is 224 g/mol. The SMILES string of the molecule is CSc1ccc(-c2cnc(CS)[nH]2)cc1. The Kier molecular flexibility index (Phi) is 3.38. The number of thiol groups is 1. The van der Waals surface area contributed by atoms with Gasteiger partial charge in [-0.1, -0.05) is 12.1 Å². The highest BCUT2D eigenvalue weighted by atomic mass is 32.2. The van der Waals surface area contributed by atoms with E-state index in [1.54, 1.807) is 11.8 Å². The summed E-state index contributed by atoms with van der Waals surface area (Å²) in [7, 11) is 0. The number of rotatable bonds is 3. The number of H-pyrrole nitrogens is 1. The third-order valence-corrected chi connectivity index (χ3v) is 3.22. The molecular formula is C11H12N2S2. The predicted molar refractivity (Wildman–Crippen MR) is 68.5 cm³/mol. The molecule has 0 aliphatic heterocycles. The number of hydrogen-bond acceptors (Lipinski definition) is 3. The van der Waals surface area contributed by atoms with Crippen molar-refractivity contribution in [3.63, 3.8) is 0 Å². The van der Waals surface area contributed by atoms with E-state index in [1.165, 1.54) is 4.90 Å². The highest BCUT2D eigenvalue weighted by Crippen LogP contribution is 2.21. The lowest BCUT2D eigenvalue weighted by Gasteiger charge is -1.99. The van der Waals surface area contributed by atoms with Crippen LogP contribution in [0.2, 0.25) is 0 Å². The smallest absolute Gasteiger partial charge is 0.116 e. The Balaban J connectivity index is 2.28. The zero-order chi connectivity index (χ0) is 10.7. The molecule has 2 rings (SSSR count). The monoisotopic (exact) mass is 236 g/mol. The van der Waals surface area contributed by atoms with Crippen LogP contribution in [0.4, 0.5) is 0 Å². The Hall–Kier alpha value is -0.870. The molecule has 0 amide bonds. The summed E-state index contributed by atoms with van der Waals surface area (Å²) < 4.78 is 0. The summed E-state index contributed by atoms with van der Waals surface area (Å²) in [6, 6.07) is 8.42. The van der Waals surface area contributed by atoms with Crippen molar-refractivity contribution in [3.8, 4) is 11.3 Å². The fourth-order valence-electron chi connectivity index (χ4n) is 1.36. The van der Waals surface area contributed by atoms with Gasteiger partial charge in [-0.3, -0.25) is 0 Å². The van der Waals surface area contributed by atoms with Crippen molar-refractivity contribution in [3.05, 3.63) is 36.3 Å². The number of nitrogens with zero attached hydrogens (tertiary/aromatic N) is 1. The van der Waals surface area contributed by atoms with Crippen molar-refractivity contribution < 1.29 is 0 Å². The summed E-state index contributed by atoms with van der Waals surface area (Å²) in [5.41, 5.74) is 2.21. The van der Waals surface area contributed by atoms with Crippen LogP contribution in [-0.2, 0) is 5.75 Å². The summed E-state index contributed by atoms with van der Waals surface area (Å²) in [6.07, 6.45) is 3.92. The van der Waals surface area contributed by atoms with Gasteiger partial charge in [-0.2, -0.15) is 12.6 Å². The molecule has 1 aromatic heterocycles. The molecule has 1 N–H and O–H groups in total. The predicted octanol–water partition coefficient (Wildman–Crippen LogP) is 3.23. The van der Waals surface area contributed by atoms with Crippen LogP contribution < -0.4 is 0 Å². The van der Waals surface area contributed by atoms with Gasteiger partial charge in [-0.25, -0.2) is 4.98 Å². The van der Waals surface area contributed by atoms with Crippen molar-refractivity contribution >= 4 is 24.4 Å². The number of thioether (sulfide) groups is 1. The van der Waals surface area contributed by atoms with Gasteiger partial charge in [0.05, 0.1) is 11.9 Å². The number of nitrogens with one attached hydrogen (secondary N) is 1. The second-order valence-corrected chi connectivity index (χ2v) is 4.33. The third kappa shape index (κ3) is 2.38. The molecule has 0 spiro atoms. The van der Waals surface area contributed by atoms with E-state index in [-0.39, 0.29) is 0 Å². The summed E-state index contributed by atoms with van der Waals surface area (Å²) in [6.45, 7) is 0. The number of hydrogen-bond donors (Lipinski definition) is 2. The standard InChI is InChI=1S/C11H12N2S2/c1-15-9-4-2-8(3-5-9)10-6-12-11(7-14)13-10/h2-6,14H,7H2,1H3,(H,12,13). The van der Waals surface area contributed by atoms with E-state index in [1.807, 2.05) is 6.20 Å². The molecule has 0 radical (unpaired) electrons. The number of aromatic nitrogens is 2. The maximum atomic E-state index is 4.22. The Morgan fingerprint density at radius 2 is 2.07 bits per heavy atom. The second-order valence-electron chi connectivity index (χ2n) is 3.13. The first-order chi connectivity index (χ1) is 7.33. The van der Waals surface area contributed by atoms with E-state index >= 15 is 0 Å². The van der Waals surface area contributed by atoms with Crippen LogP contribution in [0.1, 0.15) is 5.82 Å². The molecule has 2 aromatic rings. The van der Waals surface area contributed by atoms with Crippen LogP contribution in [-0.4, -0.2) is 16.2 Å². The van der Waals surface area contributed by atoms with E-state index in [4.69, 9.17) is 0 Å². The van der Waals surface area contributed by atoms with Crippen LogP contribution >= 0.6 is 24.4 Å². The first-order valence-corrected chi connectivity index (χ1v) is 6.48. The van der Waals surface area contributed by atoms with Gasteiger partial charge in [0, 0.05) is 10.6 Å². The van der Waals surface area contributed by atoms with E-state index in [9.17, 15) is 0 Å². The van der Waals surface area contributed by atoms with Gasteiger partial charge in [-0.15, -0.1) is 11.8 Å². The first-order valence-electron chi connectivity index (χ1n) is 4.62. The summed E-state index contributed by atoms with van der Waals surface area (Å²) in [4.78, 5) is 8.71. The van der Waals surface area contributed by atoms with Crippen molar-refractivity contribution in [2.75, 3.05) is 6.26 Å². The van der Waals surface area contributed by atoms with Gasteiger partial charge in [0.1, 0.15) is 5.82 Å². The lowest BCUT2D eigenvalue weighted by Crippen LogP contribution is -1.81. The molecule has 1 heterocycles. The second kappa shape index (κ2) is 4.77. The van der Waals surface area contributed by atoms with Crippen LogP contribution in [0, 0.1) is 0 Å². The largest absolute Gasteiger partial charge is 0.341 e. The van der Waals surface area contributed by atoms with Gasteiger partial charge in [0.25, 0.3) is 0 Å². The number of imidazole rings is 1. The molecule has 4 heteroatoms. The van der Waals surface area contributed by atoms with Crippen LogP contribution in [0.3, 0.4) is 0 Å². The molecule has 0 aliphatic carbocycles. The molecule has 0 atom stereocenters. The van der Waals surface area contributed by atoms with Crippen molar-refractivity contribution in [1.29, 1.82) is 0 Å². The minimum atomic E-state index is 0.642. The molecule has 78 valence electrons. The van der Waals surface area contributed by atoms with Crippen molar-refractivity contribution in [1.82, 2.24) is 9.97 Å². The Bertz CT molecular complexity index is 434. The van der Waals surface area contributed by atoms with Crippen LogP contribution in [0.25, 0.3) is 11.3 Å². The molecule has 0 unspecified atom stereocenters. The number of benzene rings is 1. The van der Waals surface area contributed by atoms with Gasteiger partial charge in [0.15, 0.2) is 0 Å². The zero-order valence-corrected chi connectivity index (χ0v) is 10.1. The summed E-state index contributed by atoms with van der Waals surface area (Å²) in [5, 5.41) is 0. The highest BCUT2D eigenvalue weighted by molar-refractivity contribution is 7.98. The molecule has 0 aliphatic rings. The van der Waals surface area contributed by atoms with E-state index in [0.29, 0.717) is 5.75 Å². The average Bonchev–Trinajstić information content (AvgIpc) is 2.78. The maximum Gasteiger partial charge on any atom is 0.116 e. The van der Waals surface area contributed by atoms with Crippen molar-refractivity contribution in [2.45, 2.75) is 10.6 Å². The van der Waals surface area contributed by atoms with Gasteiger partial charge in [-0.05, 0) is 24.0 Å². The molecule has 15 heavy (non-hydrogen) atoms. The zero-order valence-electron chi connectivity index (χ0n) is 8.40. The van der Waals surface area contributed by atoms with Gasteiger partial charge >= 0.3 is 0 Å². The lowest BCUT2D eigenvalue weighted by molar-refractivity contribution is 1.13. The van der Waals surface area contributed by atoms with Crippen LogP contribution in [0.5, 0.6) is 0 Å². The molecule has 0 bridgehead atoms. The Morgan fingerprint density at radius 1 is 1.33 bits per heavy atom. The average molecular weight is 236 g/mol. The molecule has 0 saturated heterocycles. The third-order valence-electron chi connectivity index (χ3n) is 2.18. The molecule has 0 fully saturated rings. The molecule has 0 saturated carbocycles. The van der Waals surface area contributed by atoms with Crippen molar-refractivity contribution in [2.24, 2.45) is 0 Å². The minimum Gasteiger partial charge on any atom is -0.341 e. The van der Waals surface area contributed by atoms with E-state index in [0.717, 1.165) is 17.1 Å².